The van der Waals surface area contributed by atoms with Crippen LogP contribution in [0.25, 0.3) is 11.5 Å². The predicted molar refractivity (Wildman–Crippen MR) is 85.7 cm³/mol. The molecule has 1 amide bonds. The van der Waals surface area contributed by atoms with E-state index < -0.39 is 0 Å². The molecular formula is C18H16N2O2. The highest BCUT2D eigenvalue weighted by atomic mass is 16.4. The molecule has 1 heterocycles. The number of oxazole rings is 1. The van der Waals surface area contributed by atoms with Gasteiger partial charge in [0.1, 0.15) is 0 Å². The van der Waals surface area contributed by atoms with Crippen LogP contribution in [0.1, 0.15) is 17.5 Å². The van der Waals surface area contributed by atoms with Crippen LogP contribution >= 0.6 is 0 Å². The van der Waals surface area contributed by atoms with Crippen molar-refractivity contribution < 1.29 is 9.21 Å². The Morgan fingerprint density at radius 2 is 1.68 bits per heavy atom. The Morgan fingerprint density at radius 3 is 2.32 bits per heavy atom. The number of rotatable bonds is 4. The average molecular weight is 292 g/mol. The summed E-state index contributed by atoms with van der Waals surface area (Å²) in [6.07, 6.45) is 1.48. The Hall–Kier alpha value is -2.88. The monoisotopic (exact) mass is 292 g/mol. The number of anilines is 1. The minimum Gasteiger partial charge on any atom is -0.431 e. The van der Waals surface area contributed by atoms with E-state index in [0.717, 1.165) is 11.3 Å². The van der Waals surface area contributed by atoms with Gasteiger partial charge in [0.05, 0.1) is 6.20 Å². The summed E-state index contributed by atoms with van der Waals surface area (Å²) >= 11 is 0. The van der Waals surface area contributed by atoms with E-state index in [1.165, 1.54) is 6.20 Å². The first kappa shape index (κ1) is 14.1. The maximum absolute atomic E-state index is 12.6. The molecule has 0 atom stereocenters. The summed E-state index contributed by atoms with van der Waals surface area (Å²) in [7, 11) is 0. The van der Waals surface area contributed by atoms with Gasteiger partial charge in [-0.15, -0.1) is 0 Å². The van der Waals surface area contributed by atoms with E-state index in [4.69, 9.17) is 4.42 Å². The first-order chi connectivity index (χ1) is 10.8. The highest BCUT2D eigenvalue weighted by Crippen LogP contribution is 2.21. The SMILES string of the molecule is CCN(C(=O)c1cnc(-c2ccccc2)o1)c1ccccc1. The van der Waals surface area contributed by atoms with Crippen molar-refractivity contribution in [3.63, 3.8) is 0 Å². The van der Waals surface area contributed by atoms with Crippen LogP contribution in [0.3, 0.4) is 0 Å². The number of amides is 1. The second-order valence-electron chi connectivity index (χ2n) is 4.78. The Labute approximate surface area is 129 Å². The van der Waals surface area contributed by atoms with Crippen molar-refractivity contribution in [1.29, 1.82) is 0 Å². The van der Waals surface area contributed by atoms with Crippen molar-refractivity contribution in [2.24, 2.45) is 0 Å². The van der Waals surface area contributed by atoms with Gasteiger partial charge in [-0.3, -0.25) is 4.79 Å². The van der Waals surface area contributed by atoms with Crippen molar-refractivity contribution >= 4 is 11.6 Å². The number of aromatic nitrogens is 1. The Bertz CT molecular complexity index is 751. The maximum Gasteiger partial charge on any atom is 0.295 e. The molecule has 3 aromatic rings. The number of hydrogen-bond acceptors (Lipinski definition) is 3. The molecule has 4 heteroatoms. The van der Waals surface area contributed by atoms with E-state index in [1.807, 2.05) is 67.6 Å². The summed E-state index contributed by atoms with van der Waals surface area (Å²) in [5, 5.41) is 0. The first-order valence-corrected chi connectivity index (χ1v) is 7.17. The fourth-order valence-corrected chi connectivity index (χ4v) is 2.27. The zero-order valence-corrected chi connectivity index (χ0v) is 12.3. The topological polar surface area (TPSA) is 46.3 Å². The van der Waals surface area contributed by atoms with Crippen LogP contribution in [0, 0.1) is 0 Å². The quantitative estimate of drug-likeness (QED) is 0.730. The number of carbonyl (C=O) groups excluding carboxylic acids is 1. The molecule has 0 saturated carbocycles. The molecule has 0 radical (unpaired) electrons. The number of nitrogens with zero attached hydrogens (tertiary/aromatic N) is 2. The third-order valence-corrected chi connectivity index (χ3v) is 3.37. The molecular weight excluding hydrogens is 276 g/mol. The first-order valence-electron chi connectivity index (χ1n) is 7.17. The van der Waals surface area contributed by atoms with Crippen LogP contribution in [0.5, 0.6) is 0 Å². The van der Waals surface area contributed by atoms with E-state index in [2.05, 4.69) is 4.98 Å². The van der Waals surface area contributed by atoms with Gasteiger partial charge in [0, 0.05) is 17.8 Å². The lowest BCUT2D eigenvalue weighted by Gasteiger charge is -2.19. The van der Waals surface area contributed by atoms with Gasteiger partial charge in [-0.1, -0.05) is 36.4 Å². The zero-order valence-electron chi connectivity index (χ0n) is 12.3. The van der Waals surface area contributed by atoms with Gasteiger partial charge in [0.15, 0.2) is 0 Å². The summed E-state index contributed by atoms with van der Waals surface area (Å²) in [6.45, 7) is 2.49. The molecule has 0 saturated heterocycles. The zero-order chi connectivity index (χ0) is 15.4. The molecule has 0 aliphatic heterocycles. The summed E-state index contributed by atoms with van der Waals surface area (Å²) < 4.78 is 5.63. The van der Waals surface area contributed by atoms with Crippen molar-refractivity contribution in [3.8, 4) is 11.5 Å². The van der Waals surface area contributed by atoms with E-state index >= 15 is 0 Å². The van der Waals surface area contributed by atoms with Crippen LogP contribution in [-0.4, -0.2) is 17.4 Å². The molecule has 1 aromatic heterocycles. The number of hydrogen-bond donors (Lipinski definition) is 0. The van der Waals surface area contributed by atoms with Crippen molar-refractivity contribution in [2.75, 3.05) is 11.4 Å². The maximum atomic E-state index is 12.6. The van der Waals surface area contributed by atoms with E-state index in [1.54, 1.807) is 4.90 Å². The van der Waals surface area contributed by atoms with Gasteiger partial charge in [-0.25, -0.2) is 4.98 Å². The fourth-order valence-electron chi connectivity index (χ4n) is 2.27. The Balaban J connectivity index is 1.88. The van der Waals surface area contributed by atoms with Gasteiger partial charge in [-0.05, 0) is 31.2 Å². The third-order valence-electron chi connectivity index (χ3n) is 3.37. The molecule has 0 N–H and O–H groups in total. The van der Waals surface area contributed by atoms with Gasteiger partial charge >= 0.3 is 0 Å². The molecule has 0 fully saturated rings. The van der Waals surface area contributed by atoms with Gasteiger partial charge in [0.25, 0.3) is 5.91 Å². The molecule has 4 nitrogen and oxygen atoms in total. The minimum absolute atomic E-state index is 0.191. The highest BCUT2D eigenvalue weighted by molar-refractivity contribution is 6.04. The number of para-hydroxylation sites is 1. The standard InChI is InChI=1S/C18H16N2O2/c1-2-20(15-11-7-4-8-12-15)18(21)16-13-19-17(22-16)14-9-5-3-6-10-14/h3-13H,2H2,1H3. The van der Waals surface area contributed by atoms with E-state index in [9.17, 15) is 4.79 Å². The van der Waals surface area contributed by atoms with Crippen LogP contribution in [0.2, 0.25) is 0 Å². The third kappa shape index (κ3) is 2.76. The molecule has 3 rings (SSSR count). The fraction of sp³-hybridized carbons (Fsp3) is 0.111. The van der Waals surface area contributed by atoms with Crippen LogP contribution in [0.15, 0.2) is 71.3 Å². The minimum atomic E-state index is -0.191. The predicted octanol–water partition coefficient (Wildman–Crippen LogP) is 4.01. The molecule has 2 aromatic carbocycles. The number of benzene rings is 2. The lowest BCUT2D eigenvalue weighted by Crippen LogP contribution is -2.30. The molecule has 0 unspecified atom stereocenters. The van der Waals surface area contributed by atoms with Crippen LogP contribution in [0.4, 0.5) is 5.69 Å². The molecule has 0 bridgehead atoms. The molecule has 22 heavy (non-hydrogen) atoms. The molecule has 0 aliphatic rings. The second kappa shape index (κ2) is 6.26. The molecule has 0 aliphatic carbocycles. The lowest BCUT2D eigenvalue weighted by atomic mass is 10.2. The van der Waals surface area contributed by atoms with E-state index in [-0.39, 0.29) is 11.7 Å². The second-order valence-corrected chi connectivity index (χ2v) is 4.78. The number of carbonyl (C=O) groups is 1. The normalized spacial score (nSPS) is 10.4. The molecule has 110 valence electrons. The largest absolute Gasteiger partial charge is 0.431 e. The van der Waals surface area contributed by atoms with Gasteiger partial charge < -0.3 is 9.32 Å². The molecule has 0 spiro atoms. The summed E-state index contributed by atoms with van der Waals surface area (Å²) in [5.41, 5.74) is 1.69. The van der Waals surface area contributed by atoms with Crippen molar-refractivity contribution in [1.82, 2.24) is 4.98 Å². The van der Waals surface area contributed by atoms with Crippen LogP contribution in [-0.2, 0) is 0 Å². The van der Waals surface area contributed by atoms with Gasteiger partial charge in [0.2, 0.25) is 11.7 Å². The van der Waals surface area contributed by atoms with Crippen molar-refractivity contribution in [3.05, 3.63) is 72.6 Å². The summed E-state index contributed by atoms with van der Waals surface area (Å²) in [6, 6.07) is 19.1. The van der Waals surface area contributed by atoms with Crippen LogP contribution < -0.4 is 4.90 Å². The Kier molecular flexibility index (Phi) is 4.01. The Morgan fingerprint density at radius 1 is 1.05 bits per heavy atom. The lowest BCUT2D eigenvalue weighted by molar-refractivity contribution is 0.0962. The van der Waals surface area contributed by atoms with E-state index in [0.29, 0.717) is 12.4 Å². The summed E-state index contributed by atoms with van der Waals surface area (Å²) in [5.74, 6) is 0.501. The average Bonchev–Trinajstić information content (AvgIpc) is 3.07. The highest BCUT2D eigenvalue weighted by Gasteiger charge is 2.20. The summed E-state index contributed by atoms with van der Waals surface area (Å²) in [4.78, 5) is 18.5. The van der Waals surface area contributed by atoms with Gasteiger partial charge in [-0.2, -0.15) is 0 Å². The van der Waals surface area contributed by atoms with Crippen molar-refractivity contribution in [2.45, 2.75) is 6.92 Å². The smallest absolute Gasteiger partial charge is 0.295 e.